The Labute approximate surface area is 294 Å². The highest BCUT2D eigenvalue weighted by molar-refractivity contribution is 6.21. The molecule has 0 aliphatic rings. The number of benzene rings is 8. The van der Waals surface area contributed by atoms with Crippen LogP contribution < -0.4 is 0 Å². The molecular weight excluding hydrogens is 621 g/mol. The summed E-state index contributed by atoms with van der Waals surface area (Å²) in [5.74, 6) is 0. The Hall–Kier alpha value is -7.45. The van der Waals surface area contributed by atoms with Crippen LogP contribution in [0.4, 0.5) is 0 Å². The Morgan fingerprint density at radius 3 is 1.45 bits per heavy atom. The van der Waals surface area contributed by atoms with Crippen molar-refractivity contribution in [1.82, 2.24) is 4.57 Å². The average Bonchev–Trinajstić information content (AvgIpc) is 3.52. The fourth-order valence-electron chi connectivity index (χ4n) is 7.65. The van der Waals surface area contributed by atoms with Crippen LogP contribution in [0.15, 0.2) is 158 Å². The first kappa shape index (κ1) is 29.7. The minimum absolute atomic E-state index is 0.562. The van der Waals surface area contributed by atoms with Gasteiger partial charge in [0.05, 0.1) is 45.9 Å². The van der Waals surface area contributed by atoms with Crippen molar-refractivity contribution in [2.45, 2.75) is 0 Å². The van der Waals surface area contributed by atoms with Gasteiger partial charge in [-0.3, -0.25) is 0 Å². The van der Waals surface area contributed by atoms with Gasteiger partial charge in [-0.2, -0.15) is 15.8 Å². The van der Waals surface area contributed by atoms with Gasteiger partial charge in [-0.1, -0.05) is 103 Å². The summed E-state index contributed by atoms with van der Waals surface area (Å²) in [4.78, 5) is 0. The highest BCUT2D eigenvalue weighted by atomic mass is 15.0. The van der Waals surface area contributed by atoms with Gasteiger partial charge in [0, 0.05) is 16.5 Å². The highest BCUT2D eigenvalue weighted by Crippen LogP contribution is 2.44. The summed E-state index contributed by atoms with van der Waals surface area (Å²) in [5.41, 5.74) is 10.7. The lowest BCUT2D eigenvalue weighted by molar-refractivity contribution is 1.18. The van der Waals surface area contributed by atoms with E-state index >= 15 is 0 Å². The monoisotopic (exact) mass is 646 g/mol. The maximum absolute atomic E-state index is 10.6. The zero-order valence-electron chi connectivity index (χ0n) is 27.3. The summed E-state index contributed by atoms with van der Waals surface area (Å²) >= 11 is 0. The quantitative estimate of drug-likeness (QED) is 0.179. The first-order chi connectivity index (χ1) is 25.2. The van der Waals surface area contributed by atoms with E-state index in [0.29, 0.717) is 16.7 Å². The summed E-state index contributed by atoms with van der Waals surface area (Å²) < 4.78 is 2.16. The average molecular weight is 647 g/mol. The van der Waals surface area contributed by atoms with Crippen molar-refractivity contribution in [3.05, 3.63) is 174 Å². The summed E-state index contributed by atoms with van der Waals surface area (Å²) in [5, 5.41) is 36.3. The SMILES string of the molecule is N#Cc1ccc2c(c1)c1cc(C#N)ccc1n2-c1cccc(-c2ccc(-c3c4ccccc4c(-c4ccccc4)c4ccccc34)cc2C#N)c1. The van der Waals surface area contributed by atoms with E-state index in [2.05, 4.69) is 114 Å². The minimum atomic E-state index is 0.562. The third kappa shape index (κ3) is 4.74. The van der Waals surface area contributed by atoms with Gasteiger partial charge in [0.2, 0.25) is 0 Å². The zero-order valence-corrected chi connectivity index (χ0v) is 27.3. The van der Waals surface area contributed by atoms with Crippen LogP contribution in [-0.2, 0) is 0 Å². The molecule has 9 aromatic rings. The van der Waals surface area contributed by atoms with E-state index in [1.165, 1.54) is 21.9 Å². The van der Waals surface area contributed by atoms with Crippen LogP contribution in [0.1, 0.15) is 16.7 Å². The molecule has 0 aliphatic heterocycles. The number of aromatic nitrogens is 1. The molecule has 9 rings (SSSR count). The number of nitrogens with zero attached hydrogens (tertiary/aromatic N) is 4. The Kier molecular flexibility index (Phi) is 6.93. The molecule has 0 aliphatic carbocycles. The summed E-state index contributed by atoms with van der Waals surface area (Å²) in [6.45, 7) is 0. The molecule has 0 radical (unpaired) electrons. The Bertz CT molecular complexity index is 2870. The molecule has 1 heterocycles. The molecule has 0 spiro atoms. The standard InChI is InChI=1S/C47H26N4/c48-27-30-17-21-44-42(23-30)43-24-31(28-49)18-22-45(43)51(44)36-12-8-11-33(26-36)37-20-19-34(25-35(37)29-50)47-40-15-6-4-13-38(40)46(32-9-2-1-3-10-32)39-14-5-7-16-41(39)47/h1-26H. The van der Waals surface area contributed by atoms with Gasteiger partial charge < -0.3 is 4.57 Å². The fourth-order valence-corrected chi connectivity index (χ4v) is 7.65. The minimum Gasteiger partial charge on any atom is -0.309 e. The first-order valence-corrected chi connectivity index (χ1v) is 16.7. The van der Waals surface area contributed by atoms with E-state index in [4.69, 9.17) is 0 Å². The molecule has 0 bridgehead atoms. The van der Waals surface area contributed by atoms with Crippen LogP contribution in [0.25, 0.3) is 82.4 Å². The van der Waals surface area contributed by atoms with Gasteiger partial charge in [-0.25, -0.2) is 0 Å². The van der Waals surface area contributed by atoms with Crippen molar-refractivity contribution in [2.24, 2.45) is 0 Å². The normalized spacial score (nSPS) is 11.1. The smallest absolute Gasteiger partial charge is 0.0998 e. The Balaban J connectivity index is 1.22. The van der Waals surface area contributed by atoms with E-state index < -0.39 is 0 Å². The molecule has 0 N–H and O–H groups in total. The van der Waals surface area contributed by atoms with E-state index in [1.807, 2.05) is 66.7 Å². The Morgan fingerprint density at radius 1 is 0.373 bits per heavy atom. The molecule has 0 fully saturated rings. The number of hydrogen-bond donors (Lipinski definition) is 0. The second kappa shape index (κ2) is 11.9. The van der Waals surface area contributed by atoms with Crippen LogP contribution in [-0.4, -0.2) is 4.57 Å². The Morgan fingerprint density at radius 2 is 0.902 bits per heavy atom. The van der Waals surface area contributed by atoms with Crippen LogP contribution in [0.2, 0.25) is 0 Å². The van der Waals surface area contributed by atoms with Crippen LogP contribution >= 0.6 is 0 Å². The van der Waals surface area contributed by atoms with Crippen molar-refractivity contribution >= 4 is 43.4 Å². The van der Waals surface area contributed by atoms with Crippen LogP contribution in [0, 0.1) is 34.0 Å². The molecule has 234 valence electrons. The summed E-state index contributed by atoms with van der Waals surface area (Å²) in [7, 11) is 0. The molecular formula is C47H26N4. The lowest BCUT2D eigenvalue weighted by atomic mass is 9.85. The number of fused-ring (bicyclic) bond motifs is 5. The fraction of sp³-hybridized carbons (Fsp3) is 0. The van der Waals surface area contributed by atoms with E-state index in [0.717, 1.165) is 60.5 Å². The predicted octanol–water partition coefficient (Wildman–Crippen LogP) is 11.7. The van der Waals surface area contributed by atoms with E-state index in [1.54, 1.807) is 0 Å². The lowest BCUT2D eigenvalue weighted by Crippen LogP contribution is -1.95. The van der Waals surface area contributed by atoms with Gasteiger partial charge in [-0.05, 0) is 110 Å². The molecule has 0 atom stereocenters. The molecule has 0 saturated heterocycles. The third-order valence-corrected chi connectivity index (χ3v) is 9.86. The molecule has 51 heavy (non-hydrogen) atoms. The molecule has 0 unspecified atom stereocenters. The number of hydrogen-bond acceptors (Lipinski definition) is 3. The van der Waals surface area contributed by atoms with Crippen molar-refractivity contribution in [3.8, 4) is 57.3 Å². The summed E-state index contributed by atoms with van der Waals surface area (Å²) in [6, 6.07) is 60.3. The predicted molar refractivity (Wildman–Crippen MR) is 206 cm³/mol. The van der Waals surface area contributed by atoms with Gasteiger partial charge >= 0.3 is 0 Å². The topological polar surface area (TPSA) is 76.3 Å². The summed E-state index contributed by atoms with van der Waals surface area (Å²) in [6.07, 6.45) is 0. The van der Waals surface area contributed by atoms with E-state index in [9.17, 15) is 15.8 Å². The van der Waals surface area contributed by atoms with Crippen molar-refractivity contribution in [3.63, 3.8) is 0 Å². The van der Waals surface area contributed by atoms with Gasteiger partial charge in [0.25, 0.3) is 0 Å². The zero-order chi connectivity index (χ0) is 34.5. The second-order valence-electron chi connectivity index (χ2n) is 12.7. The van der Waals surface area contributed by atoms with Crippen LogP contribution in [0.3, 0.4) is 0 Å². The number of rotatable bonds is 4. The maximum atomic E-state index is 10.6. The molecule has 4 nitrogen and oxygen atoms in total. The maximum Gasteiger partial charge on any atom is 0.0998 e. The van der Waals surface area contributed by atoms with E-state index in [-0.39, 0.29) is 0 Å². The molecule has 0 saturated carbocycles. The second-order valence-corrected chi connectivity index (χ2v) is 12.7. The molecule has 8 aromatic carbocycles. The molecule has 4 heteroatoms. The molecule has 1 aromatic heterocycles. The van der Waals surface area contributed by atoms with Crippen molar-refractivity contribution < 1.29 is 0 Å². The number of nitriles is 3. The van der Waals surface area contributed by atoms with Crippen LogP contribution in [0.5, 0.6) is 0 Å². The largest absolute Gasteiger partial charge is 0.309 e. The third-order valence-electron chi connectivity index (χ3n) is 9.86. The van der Waals surface area contributed by atoms with Crippen molar-refractivity contribution in [2.75, 3.05) is 0 Å². The lowest BCUT2D eigenvalue weighted by Gasteiger charge is -2.18. The van der Waals surface area contributed by atoms with Gasteiger partial charge in [-0.15, -0.1) is 0 Å². The first-order valence-electron chi connectivity index (χ1n) is 16.7. The highest BCUT2D eigenvalue weighted by Gasteiger charge is 2.19. The van der Waals surface area contributed by atoms with Crippen molar-refractivity contribution in [1.29, 1.82) is 15.8 Å². The molecule has 0 amide bonds. The van der Waals surface area contributed by atoms with Gasteiger partial charge in [0.15, 0.2) is 0 Å². The van der Waals surface area contributed by atoms with Gasteiger partial charge in [0.1, 0.15) is 0 Å².